The minimum Gasteiger partial charge on any atom is -0.339 e. The van der Waals surface area contributed by atoms with Gasteiger partial charge in [0.25, 0.3) is 11.5 Å². The number of carbonyl (C=O) groups is 1. The van der Waals surface area contributed by atoms with Gasteiger partial charge in [0.2, 0.25) is 0 Å². The van der Waals surface area contributed by atoms with Crippen molar-refractivity contribution in [2.45, 2.75) is 19.8 Å². The van der Waals surface area contributed by atoms with E-state index in [1.165, 1.54) is 4.57 Å². The van der Waals surface area contributed by atoms with Crippen molar-refractivity contribution in [3.63, 3.8) is 0 Å². The predicted octanol–water partition coefficient (Wildman–Crippen LogP) is 2.47. The first-order chi connectivity index (χ1) is 10.5. The van der Waals surface area contributed by atoms with Gasteiger partial charge in [0.1, 0.15) is 0 Å². The summed E-state index contributed by atoms with van der Waals surface area (Å²) in [4.78, 5) is 29.6. The molecule has 0 aliphatic carbocycles. The molecule has 3 rings (SSSR count). The Morgan fingerprint density at radius 3 is 2.68 bits per heavy atom. The van der Waals surface area contributed by atoms with E-state index in [1.54, 1.807) is 25.2 Å². The lowest BCUT2D eigenvalue weighted by Gasteiger charge is -2.30. The molecule has 5 nitrogen and oxygen atoms in total. The van der Waals surface area contributed by atoms with Crippen LogP contribution in [0.2, 0.25) is 0 Å². The molecule has 0 saturated carbocycles. The summed E-state index contributed by atoms with van der Waals surface area (Å²) in [5.74, 6) is 0.702. The van der Waals surface area contributed by atoms with Crippen molar-refractivity contribution in [2.24, 2.45) is 13.0 Å². The molecule has 1 aliphatic rings. The van der Waals surface area contributed by atoms with Gasteiger partial charge in [-0.2, -0.15) is 0 Å². The summed E-state index contributed by atoms with van der Waals surface area (Å²) in [6.07, 6.45) is 2.09. The van der Waals surface area contributed by atoms with Gasteiger partial charge in [-0.05, 0) is 49.2 Å². The first-order valence-electron chi connectivity index (χ1n) is 7.49. The molecular formula is C16H19N3O2S. The van der Waals surface area contributed by atoms with Crippen LogP contribution in [0.25, 0.3) is 10.9 Å². The minimum absolute atomic E-state index is 0.0220. The van der Waals surface area contributed by atoms with Crippen molar-refractivity contribution < 1.29 is 4.79 Å². The summed E-state index contributed by atoms with van der Waals surface area (Å²) in [6.45, 7) is 3.81. The molecule has 0 atom stereocenters. The van der Waals surface area contributed by atoms with Gasteiger partial charge in [-0.3, -0.25) is 14.2 Å². The molecule has 0 spiro atoms. The third-order valence-corrected chi connectivity index (χ3v) is 4.79. The number of nitrogens with zero attached hydrogens (tertiary/aromatic N) is 2. The van der Waals surface area contributed by atoms with Gasteiger partial charge in [0.05, 0.1) is 10.9 Å². The Hall–Kier alpha value is -1.95. The number of rotatable bonds is 1. The SMILES string of the molecule is CC1CCN(C(=O)c2ccc3c(=O)n(C)c(=S)[nH]c3c2)CC1. The Morgan fingerprint density at radius 1 is 1.32 bits per heavy atom. The molecule has 1 aromatic carbocycles. The Labute approximate surface area is 133 Å². The largest absolute Gasteiger partial charge is 0.339 e. The van der Waals surface area contributed by atoms with Crippen LogP contribution < -0.4 is 5.56 Å². The number of amides is 1. The monoisotopic (exact) mass is 317 g/mol. The van der Waals surface area contributed by atoms with E-state index in [0.29, 0.717) is 27.2 Å². The van der Waals surface area contributed by atoms with Crippen LogP contribution in [0.1, 0.15) is 30.1 Å². The highest BCUT2D eigenvalue weighted by Crippen LogP contribution is 2.19. The zero-order valence-corrected chi connectivity index (χ0v) is 13.6. The van der Waals surface area contributed by atoms with E-state index in [-0.39, 0.29) is 11.5 Å². The standard InChI is InChI=1S/C16H19N3O2S/c1-10-5-7-19(8-6-10)14(20)11-3-4-12-13(9-11)17-16(22)18(2)15(12)21/h3-4,9-10H,5-8H2,1-2H3,(H,17,22). The van der Waals surface area contributed by atoms with E-state index in [0.717, 1.165) is 25.9 Å². The summed E-state index contributed by atoms with van der Waals surface area (Å²) in [7, 11) is 1.63. The lowest BCUT2D eigenvalue weighted by molar-refractivity contribution is 0.0697. The molecule has 6 heteroatoms. The van der Waals surface area contributed by atoms with Crippen LogP contribution in [0, 0.1) is 10.7 Å². The summed E-state index contributed by atoms with van der Waals surface area (Å²) in [5, 5.41) is 0.542. The first kappa shape index (κ1) is 15.0. The number of aromatic nitrogens is 2. The van der Waals surface area contributed by atoms with E-state index < -0.39 is 0 Å². The number of aromatic amines is 1. The summed E-state index contributed by atoms with van der Waals surface area (Å²) in [6, 6.07) is 5.15. The number of piperidine rings is 1. The number of carbonyl (C=O) groups excluding carboxylic acids is 1. The van der Waals surface area contributed by atoms with Crippen LogP contribution in [-0.4, -0.2) is 33.4 Å². The van der Waals surface area contributed by atoms with Gasteiger partial charge >= 0.3 is 0 Å². The first-order valence-corrected chi connectivity index (χ1v) is 7.90. The van der Waals surface area contributed by atoms with E-state index in [2.05, 4.69) is 11.9 Å². The van der Waals surface area contributed by atoms with Crippen molar-refractivity contribution in [1.29, 1.82) is 0 Å². The van der Waals surface area contributed by atoms with Crippen LogP contribution in [0.4, 0.5) is 0 Å². The highest BCUT2D eigenvalue weighted by Gasteiger charge is 2.21. The van der Waals surface area contributed by atoms with E-state index in [9.17, 15) is 9.59 Å². The van der Waals surface area contributed by atoms with E-state index >= 15 is 0 Å². The highest BCUT2D eigenvalue weighted by atomic mass is 32.1. The molecule has 1 amide bonds. The highest BCUT2D eigenvalue weighted by molar-refractivity contribution is 7.71. The molecule has 22 heavy (non-hydrogen) atoms. The fraction of sp³-hybridized carbons (Fsp3) is 0.438. The van der Waals surface area contributed by atoms with Crippen LogP contribution >= 0.6 is 12.2 Å². The van der Waals surface area contributed by atoms with Crippen LogP contribution in [-0.2, 0) is 7.05 Å². The number of fused-ring (bicyclic) bond motifs is 1. The van der Waals surface area contributed by atoms with Crippen molar-refractivity contribution in [2.75, 3.05) is 13.1 Å². The Balaban J connectivity index is 1.98. The fourth-order valence-electron chi connectivity index (χ4n) is 2.83. The topological polar surface area (TPSA) is 58.1 Å². The number of hydrogen-bond donors (Lipinski definition) is 1. The molecule has 116 valence electrons. The number of likely N-dealkylation sites (tertiary alicyclic amines) is 1. The van der Waals surface area contributed by atoms with Crippen LogP contribution in [0.3, 0.4) is 0 Å². The van der Waals surface area contributed by atoms with Crippen molar-refractivity contribution in [1.82, 2.24) is 14.5 Å². The molecule has 0 radical (unpaired) electrons. The van der Waals surface area contributed by atoms with Gasteiger partial charge in [0, 0.05) is 25.7 Å². The van der Waals surface area contributed by atoms with Crippen molar-refractivity contribution >= 4 is 29.0 Å². The average Bonchev–Trinajstić information content (AvgIpc) is 2.52. The number of benzene rings is 1. The third-order valence-electron chi connectivity index (χ3n) is 4.42. The molecule has 2 aromatic rings. The van der Waals surface area contributed by atoms with Gasteiger partial charge < -0.3 is 9.88 Å². The lowest BCUT2D eigenvalue weighted by atomic mass is 9.98. The zero-order chi connectivity index (χ0) is 15.9. The second-order valence-corrected chi connectivity index (χ2v) is 6.42. The predicted molar refractivity (Wildman–Crippen MR) is 88.7 cm³/mol. The molecule has 0 bridgehead atoms. The Morgan fingerprint density at radius 2 is 2.00 bits per heavy atom. The molecule has 1 aromatic heterocycles. The molecule has 0 unspecified atom stereocenters. The number of nitrogens with one attached hydrogen (secondary N) is 1. The molecule has 1 fully saturated rings. The van der Waals surface area contributed by atoms with Crippen molar-refractivity contribution in [3.05, 3.63) is 38.9 Å². The van der Waals surface area contributed by atoms with Crippen LogP contribution in [0.5, 0.6) is 0 Å². The second kappa shape index (κ2) is 5.68. The Bertz CT molecular complexity index is 845. The zero-order valence-electron chi connectivity index (χ0n) is 12.8. The van der Waals surface area contributed by atoms with E-state index in [4.69, 9.17) is 12.2 Å². The summed E-state index contributed by atoms with van der Waals surface area (Å²) >= 11 is 5.13. The van der Waals surface area contributed by atoms with E-state index in [1.807, 2.05) is 4.90 Å². The maximum atomic E-state index is 12.6. The molecule has 1 N–H and O–H groups in total. The molecule has 2 heterocycles. The van der Waals surface area contributed by atoms with Crippen LogP contribution in [0.15, 0.2) is 23.0 Å². The molecular weight excluding hydrogens is 298 g/mol. The fourth-order valence-corrected chi connectivity index (χ4v) is 3.03. The van der Waals surface area contributed by atoms with Gasteiger partial charge in [0.15, 0.2) is 4.77 Å². The summed E-state index contributed by atoms with van der Waals surface area (Å²) in [5.41, 5.74) is 1.06. The summed E-state index contributed by atoms with van der Waals surface area (Å²) < 4.78 is 1.75. The van der Waals surface area contributed by atoms with Gasteiger partial charge in [-0.15, -0.1) is 0 Å². The number of hydrogen-bond acceptors (Lipinski definition) is 3. The average molecular weight is 317 g/mol. The smallest absolute Gasteiger partial charge is 0.261 e. The minimum atomic E-state index is -0.149. The Kier molecular flexibility index (Phi) is 3.87. The second-order valence-electron chi connectivity index (χ2n) is 6.03. The maximum absolute atomic E-state index is 12.6. The molecule has 1 aliphatic heterocycles. The lowest BCUT2D eigenvalue weighted by Crippen LogP contribution is -2.37. The number of H-pyrrole nitrogens is 1. The third kappa shape index (κ3) is 2.59. The quantitative estimate of drug-likeness (QED) is 0.822. The molecule has 1 saturated heterocycles. The van der Waals surface area contributed by atoms with Crippen molar-refractivity contribution in [3.8, 4) is 0 Å². The van der Waals surface area contributed by atoms with Gasteiger partial charge in [-0.1, -0.05) is 6.92 Å². The maximum Gasteiger partial charge on any atom is 0.261 e. The normalized spacial score (nSPS) is 16.2. The van der Waals surface area contributed by atoms with Gasteiger partial charge in [-0.25, -0.2) is 0 Å².